The van der Waals surface area contributed by atoms with E-state index in [0.717, 1.165) is 22.3 Å². The van der Waals surface area contributed by atoms with Gasteiger partial charge in [-0.1, -0.05) is 12.1 Å². The second-order valence-corrected chi connectivity index (χ2v) is 5.60. The Hall–Kier alpha value is -3.81. The number of amides is 1. The molecule has 0 aliphatic carbocycles. The molecule has 0 saturated heterocycles. The highest BCUT2D eigenvalue weighted by Gasteiger charge is 2.08. The number of hydrogen-bond acceptors (Lipinski definition) is 6. The first-order chi connectivity index (χ1) is 12.7. The molecule has 8 nitrogen and oxygen atoms in total. The van der Waals surface area contributed by atoms with Crippen molar-refractivity contribution in [1.29, 1.82) is 0 Å². The highest BCUT2D eigenvalue weighted by atomic mass is 16.1. The predicted molar refractivity (Wildman–Crippen MR) is 98.9 cm³/mol. The number of hydrogen-bond donors (Lipinski definition) is 3. The molecule has 26 heavy (non-hydrogen) atoms. The van der Waals surface area contributed by atoms with Crippen LogP contribution in [0, 0.1) is 0 Å². The number of benzene rings is 1. The van der Waals surface area contributed by atoms with E-state index in [1.807, 2.05) is 42.5 Å². The number of anilines is 3. The molecule has 0 atom stereocenters. The average Bonchev–Trinajstić information content (AvgIpc) is 3.03. The van der Waals surface area contributed by atoms with Gasteiger partial charge in [-0.25, -0.2) is 19.9 Å². The number of aromatic nitrogens is 5. The van der Waals surface area contributed by atoms with E-state index in [1.165, 1.54) is 6.92 Å². The molecule has 1 amide bonds. The number of pyridine rings is 1. The van der Waals surface area contributed by atoms with Gasteiger partial charge in [-0.2, -0.15) is 0 Å². The Balaban J connectivity index is 1.64. The molecule has 3 heterocycles. The minimum absolute atomic E-state index is 0.176. The van der Waals surface area contributed by atoms with Crippen LogP contribution < -0.4 is 10.6 Å². The van der Waals surface area contributed by atoms with Crippen LogP contribution in [0.3, 0.4) is 0 Å². The van der Waals surface area contributed by atoms with Crippen LogP contribution in [0.1, 0.15) is 6.92 Å². The van der Waals surface area contributed by atoms with E-state index < -0.39 is 0 Å². The van der Waals surface area contributed by atoms with E-state index in [1.54, 1.807) is 12.4 Å². The van der Waals surface area contributed by atoms with Gasteiger partial charge in [-0.05, 0) is 30.3 Å². The minimum atomic E-state index is -0.176. The average molecular weight is 345 g/mol. The Morgan fingerprint density at radius 1 is 1.04 bits per heavy atom. The molecule has 128 valence electrons. The first-order valence-electron chi connectivity index (χ1n) is 7.96. The molecule has 0 aliphatic heterocycles. The molecule has 3 aromatic heterocycles. The summed E-state index contributed by atoms with van der Waals surface area (Å²) in [5.74, 6) is 1.38. The lowest BCUT2D eigenvalue weighted by Crippen LogP contribution is -2.06. The Bertz CT molecular complexity index is 1080. The van der Waals surface area contributed by atoms with Crippen molar-refractivity contribution in [1.82, 2.24) is 24.9 Å². The summed E-state index contributed by atoms with van der Waals surface area (Å²) in [6, 6.07) is 13.1. The van der Waals surface area contributed by atoms with Gasteiger partial charge in [0, 0.05) is 24.9 Å². The number of fused-ring (bicyclic) bond motifs is 1. The third kappa shape index (κ3) is 3.34. The number of nitrogens with one attached hydrogen (secondary N) is 3. The largest absolute Gasteiger partial charge is 0.324 e. The summed E-state index contributed by atoms with van der Waals surface area (Å²) in [5.41, 5.74) is 3.24. The van der Waals surface area contributed by atoms with Crippen molar-refractivity contribution in [2.45, 2.75) is 6.92 Å². The Morgan fingerprint density at radius 3 is 2.77 bits per heavy atom. The topological polar surface area (TPSA) is 108 Å². The molecule has 0 radical (unpaired) electrons. The van der Waals surface area contributed by atoms with E-state index in [0.29, 0.717) is 17.7 Å². The zero-order valence-electron chi connectivity index (χ0n) is 13.9. The first kappa shape index (κ1) is 15.7. The predicted octanol–water partition coefficient (Wildman–Crippen LogP) is 3.12. The zero-order valence-corrected chi connectivity index (χ0v) is 13.9. The Labute approximate surface area is 148 Å². The second kappa shape index (κ2) is 6.60. The minimum Gasteiger partial charge on any atom is -0.324 e. The van der Waals surface area contributed by atoms with Crippen LogP contribution in [0.25, 0.3) is 22.3 Å². The van der Waals surface area contributed by atoms with Gasteiger partial charge in [-0.15, -0.1) is 0 Å². The third-order valence-corrected chi connectivity index (χ3v) is 3.63. The molecule has 0 bridgehead atoms. The molecule has 4 aromatic rings. The maximum Gasteiger partial charge on any atom is 0.228 e. The fourth-order valence-electron chi connectivity index (χ4n) is 2.53. The second-order valence-electron chi connectivity index (χ2n) is 5.60. The van der Waals surface area contributed by atoms with Crippen molar-refractivity contribution >= 4 is 34.7 Å². The molecule has 4 rings (SSSR count). The normalized spacial score (nSPS) is 10.7. The third-order valence-electron chi connectivity index (χ3n) is 3.63. The van der Waals surface area contributed by atoms with Crippen LogP contribution in [-0.4, -0.2) is 30.8 Å². The van der Waals surface area contributed by atoms with Crippen LogP contribution in [0.5, 0.6) is 0 Å². The summed E-state index contributed by atoms with van der Waals surface area (Å²) in [4.78, 5) is 31.5. The summed E-state index contributed by atoms with van der Waals surface area (Å²) in [7, 11) is 0. The summed E-state index contributed by atoms with van der Waals surface area (Å²) in [5, 5.41) is 5.72. The van der Waals surface area contributed by atoms with Gasteiger partial charge in [0.05, 0.1) is 16.7 Å². The molecule has 0 unspecified atom stereocenters. The van der Waals surface area contributed by atoms with E-state index in [4.69, 9.17) is 0 Å². The molecule has 0 aliphatic rings. The molecule has 0 saturated carbocycles. The van der Waals surface area contributed by atoms with E-state index in [9.17, 15) is 4.79 Å². The van der Waals surface area contributed by atoms with Crippen molar-refractivity contribution in [3.63, 3.8) is 0 Å². The number of carbonyl (C=O) groups excluding carboxylic acids is 1. The zero-order chi connectivity index (χ0) is 17.9. The van der Waals surface area contributed by atoms with Crippen LogP contribution in [0.15, 0.2) is 54.9 Å². The van der Waals surface area contributed by atoms with Gasteiger partial charge in [0.25, 0.3) is 0 Å². The number of imidazole rings is 1. The lowest BCUT2D eigenvalue weighted by atomic mass is 10.1. The van der Waals surface area contributed by atoms with Crippen LogP contribution in [0.4, 0.5) is 17.7 Å². The van der Waals surface area contributed by atoms with Crippen molar-refractivity contribution in [3.8, 4) is 11.3 Å². The number of rotatable bonds is 4. The quantitative estimate of drug-likeness (QED) is 0.524. The smallest absolute Gasteiger partial charge is 0.228 e. The molecular weight excluding hydrogens is 330 g/mol. The van der Waals surface area contributed by atoms with E-state index in [2.05, 4.69) is 35.6 Å². The number of H-pyrrole nitrogens is 1. The lowest BCUT2D eigenvalue weighted by molar-refractivity contribution is -0.114. The maximum absolute atomic E-state index is 11.2. The fourth-order valence-corrected chi connectivity index (χ4v) is 2.53. The van der Waals surface area contributed by atoms with E-state index in [-0.39, 0.29) is 5.91 Å². The molecule has 0 fully saturated rings. The van der Waals surface area contributed by atoms with Gasteiger partial charge in [0.2, 0.25) is 17.8 Å². The summed E-state index contributed by atoms with van der Waals surface area (Å²) in [6.45, 7) is 1.44. The molecule has 8 heteroatoms. The molecule has 3 N–H and O–H groups in total. The van der Waals surface area contributed by atoms with Crippen molar-refractivity contribution < 1.29 is 4.79 Å². The Kier molecular flexibility index (Phi) is 3.98. The van der Waals surface area contributed by atoms with Crippen molar-refractivity contribution in [3.05, 3.63) is 54.9 Å². The van der Waals surface area contributed by atoms with Crippen LogP contribution in [-0.2, 0) is 4.79 Å². The first-order valence-corrected chi connectivity index (χ1v) is 7.96. The van der Waals surface area contributed by atoms with Gasteiger partial charge >= 0.3 is 0 Å². The van der Waals surface area contributed by atoms with Crippen LogP contribution >= 0.6 is 0 Å². The van der Waals surface area contributed by atoms with Gasteiger partial charge in [-0.3, -0.25) is 10.1 Å². The number of aromatic amines is 1. The highest BCUT2D eigenvalue weighted by Crippen LogP contribution is 2.24. The van der Waals surface area contributed by atoms with Gasteiger partial charge in [0.1, 0.15) is 5.82 Å². The summed E-state index contributed by atoms with van der Waals surface area (Å²) in [6.07, 6.45) is 3.39. The SMILES string of the molecule is CC(=O)Nc1nc2ccc(-c3ccnc(Nc4ccccn4)n3)cc2[nH]1. The van der Waals surface area contributed by atoms with Crippen molar-refractivity contribution in [2.75, 3.05) is 10.6 Å². The molecular formula is C18H15N7O. The fraction of sp³-hybridized carbons (Fsp3) is 0.0556. The highest BCUT2D eigenvalue weighted by molar-refractivity contribution is 5.90. The maximum atomic E-state index is 11.2. The number of nitrogens with zero attached hydrogens (tertiary/aromatic N) is 4. The molecule has 0 spiro atoms. The number of carbonyl (C=O) groups is 1. The standard InChI is InChI=1S/C18H15N7O/c1-11(26)21-18-23-14-6-5-12(10-15(14)24-18)13-7-9-20-17(22-13)25-16-4-2-3-8-19-16/h2-10H,1H3,(H,19,20,22,25)(H2,21,23,24,26). The monoisotopic (exact) mass is 345 g/mol. The molecule has 1 aromatic carbocycles. The van der Waals surface area contributed by atoms with Crippen LogP contribution in [0.2, 0.25) is 0 Å². The van der Waals surface area contributed by atoms with E-state index >= 15 is 0 Å². The lowest BCUT2D eigenvalue weighted by Gasteiger charge is -2.06. The van der Waals surface area contributed by atoms with Gasteiger partial charge in [0.15, 0.2) is 0 Å². The summed E-state index contributed by atoms with van der Waals surface area (Å²) < 4.78 is 0. The summed E-state index contributed by atoms with van der Waals surface area (Å²) >= 11 is 0. The van der Waals surface area contributed by atoms with Crippen molar-refractivity contribution in [2.24, 2.45) is 0 Å². The Morgan fingerprint density at radius 2 is 1.96 bits per heavy atom. The van der Waals surface area contributed by atoms with Gasteiger partial charge < -0.3 is 10.3 Å².